The van der Waals surface area contributed by atoms with E-state index >= 15 is 0 Å². The molecule has 1 heterocycles. The highest BCUT2D eigenvalue weighted by Gasteiger charge is 2.20. The van der Waals surface area contributed by atoms with E-state index < -0.39 is 17.5 Å². The van der Waals surface area contributed by atoms with Crippen LogP contribution >= 0.6 is 23.4 Å². The lowest BCUT2D eigenvalue weighted by atomic mass is 10.1. The minimum absolute atomic E-state index is 0.0732. The second kappa shape index (κ2) is 10.4. The zero-order valence-corrected chi connectivity index (χ0v) is 19.8. The lowest BCUT2D eigenvalue weighted by Gasteiger charge is -2.13. The van der Waals surface area contributed by atoms with Crippen molar-refractivity contribution in [2.45, 2.75) is 17.3 Å². The fraction of sp³-hybridized carbons (Fsp3) is 0.167. The Morgan fingerprint density at radius 3 is 2.41 bits per heavy atom. The van der Waals surface area contributed by atoms with Crippen LogP contribution in [0.15, 0.2) is 59.8 Å². The fourth-order valence-corrected chi connectivity index (χ4v) is 4.70. The topological polar surface area (TPSA) is 49.2 Å². The smallest absolute Gasteiger partial charge is 0.196 e. The van der Waals surface area contributed by atoms with Crippen LogP contribution in [0, 0.1) is 17.5 Å². The van der Waals surface area contributed by atoms with Gasteiger partial charge in [0, 0.05) is 28.8 Å². The van der Waals surface area contributed by atoms with Crippen molar-refractivity contribution in [1.82, 2.24) is 14.8 Å². The van der Waals surface area contributed by atoms with E-state index in [0.29, 0.717) is 28.0 Å². The van der Waals surface area contributed by atoms with Gasteiger partial charge in [0.1, 0.15) is 23.3 Å². The van der Waals surface area contributed by atoms with Crippen LogP contribution in [0.3, 0.4) is 0 Å². The van der Waals surface area contributed by atoms with Crippen molar-refractivity contribution in [2.75, 3.05) is 14.2 Å². The maximum atomic E-state index is 14.8. The zero-order valence-electron chi connectivity index (χ0n) is 18.2. The Bertz CT molecular complexity index is 1310. The van der Waals surface area contributed by atoms with Crippen molar-refractivity contribution < 1.29 is 22.6 Å². The Labute approximate surface area is 203 Å². The molecule has 0 saturated carbocycles. The lowest BCUT2D eigenvalue weighted by Crippen LogP contribution is -2.07. The highest BCUT2D eigenvalue weighted by Crippen LogP contribution is 2.32. The largest absolute Gasteiger partial charge is 0.493 e. The molecule has 0 aliphatic rings. The Morgan fingerprint density at radius 2 is 1.71 bits per heavy atom. The van der Waals surface area contributed by atoms with Gasteiger partial charge in [-0.15, -0.1) is 10.2 Å². The van der Waals surface area contributed by atoms with Crippen LogP contribution in [0.5, 0.6) is 11.5 Å². The van der Waals surface area contributed by atoms with E-state index in [0.717, 1.165) is 29.5 Å². The first-order valence-electron chi connectivity index (χ1n) is 10.1. The molecule has 0 bridgehead atoms. The number of nitrogens with zero attached hydrogens (tertiary/aromatic N) is 3. The molecule has 5 nitrogen and oxygen atoms in total. The molecule has 0 aliphatic heterocycles. The standard InChI is InChI=1S/C24H19ClF3N3O2S/c1-32-21-9-6-14(10-22(21)33-2)11-23-29-30-24(31(23)20-8-7-15(26)12-19(20)28)34-13-16-17(25)4-3-5-18(16)27/h3-10,12H,11,13H2,1-2H3. The summed E-state index contributed by atoms with van der Waals surface area (Å²) in [5.74, 6) is -0.298. The van der Waals surface area contributed by atoms with Crippen LogP contribution in [-0.2, 0) is 12.2 Å². The van der Waals surface area contributed by atoms with Gasteiger partial charge >= 0.3 is 0 Å². The van der Waals surface area contributed by atoms with E-state index in [2.05, 4.69) is 10.2 Å². The molecule has 0 radical (unpaired) electrons. The molecule has 3 aromatic carbocycles. The number of halogens is 4. The molecule has 1 aromatic heterocycles. The van der Waals surface area contributed by atoms with Crippen molar-refractivity contribution in [1.29, 1.82) is 0 Å². The molecule has 0 saturated heterocycles. The molecule has 10 heteroatoms. The summed E-state index contributed by atoms with van der Waals surface area (Å²) in [4.78, 5) is 0. The molecule has 0 amide bonds. The van der Waals surface area contributed by atoms with E-state index in [1.165, 1.54) is 37.0 Å². The number of hydrogen-bond acceptors (Lipinski definition) is 5. The number of hydrogen-bond donors (Lipinski definition) is 0. The summed E-state index contributed by atoms with van der Waals surface area (Å²) in [5, 5.41) is 9.02. The molecule has 4 aromatic rings. The van der Waals surface area contributed by atoms with Crippen LogP contribution in [0.1, 0.15) is 17.0 Å². The second-order valence-electron chi connectivity index (χ2n) is 7.18. The molecular formula is C24H19ClF3N3O2S. The van der Waals surface area contributed by atoms with Crippen LogP contribution in [0.4, 0.5) is 13.2 Å². The highest BCUT2D eigenvalue weighted by molar-refractivity contribution is 7.98. The molecule has 0 fully saturated rings. The SMILES string of the molecule is COc1ccc(Cc2nnc(SCc3c(F)cccc3Cl)n2-c2ccc(F)cc2F)cc1OC. The second-order valence-corrected chi connectivity index (χ2v) is 8.53. The van der Waals surface area contributed by atoms with Gasteiger partial charge in [-0.2, -0.15) is 0 Å². The molecule has 0 N–H and O–H groups in total. The molecule has 176 valence electrons. The average molecular weight is 506 g/mol. The van der Waals surface area contributed by atoms with E-state index in [9.17, 15) is 13.2 Å². The summed E-state index contributed by atoms with van der Waals surface area (Å²) in [5.41, 5.74) is 1.18. The molecule has 0 aliphatic carbocycles. The van der Waals surface area contributed by atoms with Gasteiger partial charge in [-0.05, 0) is 42.0 Å². The Balaban J connectivity index is 1.73. The summed E-state index contributed by atoms with van der Waals surface area (Å²) in [6.45, 7) is 0. The first-order valence-corrected chi connectivity index (χ1v) is 11.4. The number of aromatic nitrogens is 3. The van der Waals surface area contributed by atoms with Gasteiger partial charge in [-0.25, -0.2) is 13.2 Å². The third kappa shape index (κ3) is 5.00. The number of thioether (sulfide) groups is 1. The van der Waals surface area contributed by atoms with Crippen LogP contribution in [-0.4, -0.2) is 29.0 Å². The van der Waals surface area contributed by atoms with Gasteiger partial charge in [0.05, 0.1) is 19.9 Å². The molecule has 0 atom stereocenters. The number of benzene rings is 3. The first kappa shape index (κ1) is 24.0. The number of ether oxygens (including phenoxy) is 2. The van der Waals surface area contributed by atoms with Crippen LogP contribution in [0.2, 0.25) is 5.02 Å². The summed E-state index contributed by atoms with van der Waals surface area (Å²) < 4.78 is 54.7. The van der Waals surface area contributed by atoms with E-state index in [1.807, 2.05) is 6.07 Å². The fourth-order valence-electron chi connectivity index (χ4n) is 3.39. The number of methoxy groups -OCH3 is 2. The Morgan fingerprint density at radius 1 is 0.912 bits per heavy atom. The molecular weight excluding hydrogens is 487 g/mol. The quantitative estimate of drug-likeness (QED) is 0.265. The molecule has 0 spiro atoms. The molecule has 0 unspecified atom stereocenters. The van der Waals surface area contributed by atoms with Gasteiger partial charge < -0.3 is 9.47 Å². The zero-order chi connectivity index (χ0) is 24.2. The maximum Gasteiger partial charge on any atom is 0.196 e. The molecule has 4 rings (SSSR count). The average Bonchev–Trinajstić information content (AvgIpc) is 3.20. The maximum absolute atomic E-state index is 14.8. The summed E-state index contributed by atoms with van der Waals surface area (Å²) in [6, 6.07) is 13.0. The number of rotatable bonds is 8. The van der Waals surface area contributed by atoms with Gasteiger partial charge in [0.25, 0.3) is 0 Å². The monoisotopic (exact) mass is 505 g/mol. The minimum atomic E-state index is -0.779. The highest BCUT2D eigenvalue weighted by atomic mass is 35.5. The lowest BCUT2D eigenvalue weighted by molar-refractivity contribution is 0.354. The minimum Gasteiger partial charge on any atom is -0.493 e. The van der Waals surface area contributed by atoms with Crippen LogP contribution < -0.4 is 9.47 Å². The van der Waals surface area contributed by atoms with Gasteiger partial charge in [0.2, 0.25) is 0 Å². The van der Waals surface area contributed by atoms with E-state index in [1.54, 1.807) is 18.2 Å². The van der Waals surface area contributed by atoms with Crippen LogP contribution in [0.25, 0.3) is 5.69 Å². The van der Waals surface area contributed by atoms with Crippen molar-refractivity contribution in [2.24, 2.45) is 0 Å². The summed E-state index contributed by atoms with van der Waals surface area (Å²) in [7, 11) is 3.07. The Hall–Kier alpha value is -3.17. The van der Waals surface area contributed by atoms with E-state index in [-0.39, 0.29) is 22.9 Å². The first-order chi connectivity index (χ1) is 16.4. The van der Waals surface area contributed by atoms with Crippen molar-refractivity contribution >= 4 is 23.4 Å². The van der Waals surface area contributed by atoms with Gasteiger partial charge in [-0.1, -0.05) is 35.5 Å². The summed E-state index contributed by atoms with van der Waals surface area (Å²) in [6.07, 6.45) is 0.269. The van der Waals surface area contributed by atoms with Crippen molar-refractivity contribution in [3.8, 4) is 17.2 Å². The third-order valence-electron chi connectivity index (χ3n) is 5.07. The van der Waals surface area contributed by atoms with Gasteiger partial charge in [0.15, 0.2) is 16.7 Å². The normalized spacial score (nSPS) is 11.0. The Kier molecular flexibility index (Phi) is 7.33. The van der Waals surface area contributed by atoms with Crippen molar-refractivity contribution in [3.05, 3.63) is 94.0 Å². The summed E-state index contributed by atoms with van der Waals surface area (Å²) >= 11 is 7.28. The van der Waals surface area contributed by atoms with Gasteiger partial charge in [-0.3, -0.25) is 4.57 Å². The third-order valence-corrected chi connectivity index (χ3v) is 6.38. The van der Waals surface area contributed by atoms with Crippen molar-refractivity contribution in [3.63, 3.8) is 0 Å². The molecule has 34 heavy (non-hydrogen) atoms. The predicted molar refractivity (Wildman–Crippen MR) is 125 cm³/mol. The predicted octanol–water partition coefficient (Wildman–Crippen LogP) is 6.24. The van der Waals surface area contributed by atoms with E-state index in [4.69, 9.17) is 21.1 Å².